The van der Waals surface area contributed by atoms with E-state index in [0.29, 0.717) is 21.8 Å². The zero-order chi connectivity index (χ0) is 21.0. The molecule has 1 saturated heterocycles. The summed E-state index contributed by atoms with van der Waals surface area (Å²) in [5.41, 5.74) is 3.24. The number of benzene rings is 2. The van der Waals surface area contributed by atoms with Gasteiger partial charge in [-0.25, -0.2) is 4.79 Å². The molecular weight excluding hydrogens is 390 g/mol. The Hall–Kier alpha value is -2.57. The van der Waals surface area contributed by atoms with Crippen molar-refractivity contribution in [3.8, 4) is 0 Å². The van der Waals surface area contributed by atoms with Gasteiger partial charge < -0.3 is 19.9 Å². The summed E-state index contributed by atoms with van der Waals surface area (Å²) in [7, 11) is 1.34. The fraction of sp³-hybridized carbons (Fsp3) is 0.364. The largest absolute Gasteiger partial charge is 0.465 e. The van der Waals surface area contributed by atoms with Crippen LogP contribution < -0.4 is 15.1 Å². The molecule has 0 atom stereocenters. The van der Waals surface area contributed by atoms with E-state index < -0.39 is 5.97 Å². The van der Waals surface area contributed by atoms with E-state index >= 15 is 0 Å². The Kier molecular flexibility index (Phi) is 6.77. The summed E-state index contributed by atoms with van der Waals surface area (Å²) in [6, 6.07) is 10.6. The molecule has 1 aliphatic heterocycles. The average molecular weight is 417 g/mol. The number of amides is 1. The predicted molar refractivity (Wildman–Crippen MR) is 115 cm³/mol. The number of halogens is 1. The van der Waals surface area contributed by atoms with E-state index in [1.165, 1.54) is 7.11 Å². The number of hydrogen-bond donors (Lipinski definition) is 2. The number of nitrogens with zero attached hydrogens (tertiary/aromatic N) is 1. The van der Waals surface area contributed by atoms with Gasteiger partial charge in [0.25, 0.3) is 5.91 Å². The lowest BCUT2D eigenvalue weighted by molar-refractivity contribution is -0.898. The summed E-state index contributed by atoms with van der Waals surface area (Å²) < 4.78 is 4.84. The highest BCUT2D eigenvalue weighted by molar-refractivity contribution is 6.34. The van der Waals surface area contributed by atoms with E-state index in [2.05, 4.69) is 17.1 Å². The first-order chi connectivity index (χ1) is 13.9. The minimum atomic E-state index is -0.444. The van der Waals surface area contributed by atoms with Crippen molar-refractivity contribution in [2.75, 3.05) is 50.1 Å². The Morgan fingerprint density at radius 1 is 1.17 bits per heavy atom. The molecule has 1 fully saturated rings. The number of carbonyl (C=O) groups is 2. The fourth-order valence-electron chi connectivity index (χ4n) is 3.57. The van der Waals surface area contributed by atoms with E-state index in [9.17, 15) is 9.59 Å². The highest BCUT2D eigenvalue weighted by Gasteiger charge is 2.23. The number of piperazine rings is 1. The van der Waals surface area contributed by atoms with Gasteiger partial charge in [0.15, 0.2) is 0 Å². The summed E-state index contributed by atoms with van der Waals surface area (Å²) in [4.78, 5) is 28.7. The average Bonchev–Trinajstić information content (AvgIpc) is 2.73. The lowest BCUT2D eigenvalue weighted by Gasteiger charge is -2.34. The first-order valence-electron chi connectivity index (χ1n) is 9.81. The second-order valence-corrected chi connectivity index (χ2v) is 7.66. The topological polar surface area (TPSA) is 63.1 Å². The number of aryl methyl sites for hydroxylation is 1. The maximum Gasteiger partial charge on any atom is 0.337 e. The molecule has 154 valence electrons. The van der Waals surface area contributed by atoms with Gasteiger partial charge in [-0.3, -0.25) is 4.79 Å². The van der Waals surface area contributed by atoms with Gasteiger partial charge in [-0.15, -0.1) is 0 Å². The number of quaternary nitrogens is 1. The molecule has 0 radical (unpaired) electrons. The van der Waals surface area contributed by atoms with Crippen molar-refractivity contribution < 1.29 is 19.2 Å². The van der Waals surface area contributed by atoms with Gasteiger partial charge in [0.2, 0.25) is 0 Å². The third-order valence-electron chi connectivity index (χ3n) is 5.35. The standard InChI is InChI=1S/C22H26ClN3O3/c1-4-25-9-11-26(12-10-25)20-8-6-16(22(28)29-3)14-19(20)24-21(27)17-7-5-15(2)13-18(17)23/h5-8,13-14H,4,9-12H2,1-3H3,(H,24,27)/p+1. The molecule has 0 saturated carbocycles. The SMILES string of the molecule is CC[NH+]1CCN(c2ccc(C(=O)OC)cc2NC(=O)c2ccc(C)cc2Cl)CC1. The number of hydrogen-bond acceptors (Lipinski definition) is 4. The molecule has 2 aromatic rings. The van der Waals surface area contributed by atoms with Crippen LogP contribution in [0.4, 0.5) is 11.4 Å². The van der Waals surface area contributed by atoms with Crippen molar-refractivity contribution in [1.29, 1.82) is 0 Å². The van der Waals surface area contributed by atoms with Crippen LogP contribution in [0.25, 0.3) is 0 Å². The first kappa shape index (κ1) is 21.1. The molecule has 1 heterocycles. The number of rotatable bonds is 5. The quantitative estimate of drug-likeness (QED) is 0.735. The first-order valence-corrected chi connectivity index (χ1v) is 10.2. The van der Waals surface area contributed by atoms with Crippen molar-refractivity contribution in [2.45, 2.75) is 13.8 Å². The Morgan fingerprint density at radius 2 is 1.90 bits per heavy atom. The highest BCUT2D eigenvalue weighted by Crippen LogP contribution is 2.29. The summed E-state index contributed by atoms with van der Waals surface area (Å²) in [5, 5.41) is 3.35. The molecule has 0 unspecified atom stereocenters. The highest BCUT2D eigenvalue weighted by atomic mass is 35.5. The molecule has 2 N–H and O–H groups in total. The minimum Gasteiger partial charge on any atom is -0.465 e. The summed E-state index contributed by atoms with van der Waals surface area (Å²) in [6.07, 6.45) is 0. The van der Waals surface area contributed by atoms with E-state index in [1.807, 2.05) is 19.1 Å². The molecule has 0 aromatic heterocycles. The van der Waals surface area contributed by atoms with Crippen LogP contribution in [0.3, 0.4) is 0 Å². The van der Waals surface area contributed by atoms with Gasteiger partial charge in [0.1, 0.15) is 0 Å². The van der Waals surface area contributed by atoms with Gasteiger partial charge in [0, 0.05) is 0 Å². The van der Waals surface area contributed by atoms with Crippen LogP contribution in [0.5, 0.6) is 0 Å². The van der Waals surface area contributed by atoms with Crippen LogP contribution in [-0.4, -0.2) is 51.7 Å². The number of nitrogens with one attached hydrogen (secondary N) is 2. The lowest BCUT2D eigenvalue weighted by atomic mass is 10.1. The smallest absolute Gasteiger partial charge is 0.337 e. The molecule has 1 amide bonds. The molecule has 3 rings (SSSR count). The van der Waals surface area contributed by atoms with Crippen LogP contribution in [0, 0.1) is 6.92 Å². The number of carbonyl (C=O) groups excluding carboxylic acids is 2. The van der Waals surface area contributed by atoms with Gasteiger partial charge in [-0.05, 0) is 49.7 Å². The van der Waals surface area contributed by atoms with E-state index in [4.69, 9.17) is 16.3 Å². The van der Waals surface area contributed by atoms with Crippen LogP contribution in [0.2, 0.25) is 5.02 Å². The van der Waals surface area contributed by atoms with Crippen LogP contribution in [0.1, 0.15) is 33.2 Å². The number of likely N-dealkylation sites (N-methyl/N-ethyl adjacent to an activating group) is 1. The maximum atomic E-state index is 12.9. The van der Waals surface area contributed by atoms with Gasteiger partial charge >= 0.3 is 5.97 Å². The Morgan fingerprint density at radius 3 is 2.52 bits per heavy atom. The normalized spacial score (nSPS) is 14.6. The van der Waals surface area contributed by atoms with Crippen molar-refractivity contribution in [2.24, 2.45) is 0 Å². The minimum absolute atomic E-state index is 0.309. The van der Waals surface area contributed by atoms with Crippen molar-refractivity contribution in [3.63, 3.8) is 0 Å². The monoisotopic (exact) mass is 416 g/mol. The van der Waals surface area contributed by atoms with Crippen LogP contribution in [0.15, 0.2) is 36.4 Å². The molecule has 7 heteroatoms. The number of esters is 1. The molecule has 2 aromatic carbocycles. The van der Waals surface area contributed by atoms with Crippen molar-refractivity contribution >= 4 is 34.9 Å². The second kappa shape index (κ2) is 9.29. The summed E-state index contributed by atoms with van der Waals surface area (Å²) in [5.74, 6) is -0.753. The third-order valence-corrected chi connectivity index (χ3v) is 5.66. The van der Waals surface area contributed by atoms with E-state index in [0.717, 1.165) is 44.0 Å². The summed E-state index contributed by atoms with van der Waals surface area (Å²) in [6.45, 7) is 9.05. The van der Waals surface area contributed by atoms with Gasteiger partial charge in [-0.1, -0.05) is 17.7 Å². The van der Waals surface area contributed by atoms with Gasteiger partial charge in [-0.2, -0.15) is 0 Å². The number of anilines is 2. The number of methoxy groups -OCH3 is 1. The van der Waals surface area contributed by atoms with Crippen molar-refractivity contribution in [3.05, 3.63) is 58.1 Å². The van der Waals surface area contributed by atoms with E-state index in [1.54, 1.807) is 29.2 Å². The molecule has 29 heavy (non-hydrogen) atoms. The molecule has 0 bridgehead atoms. The maximum absolute atomic E-state index is 12.9. The molecule has 0 aliphatic carbocycles. The van der Waals surface area contributed by atoms with E-state index in [-0.39, 0.29) is 5.91 Å². The van der Waals surface area contributed by atoms with Crippen LogP contribution in [-0.2, 0) is 4.74 Å². The molecule has 0 spiro atoms. The fourth-order valence-corrected chi connectivity index (χ4v) is 3.89. The van der Waals surface area contributed by atoms with Crippen molar-refractivity contribution in [1.82, 2.24) is 0 Å². The Balaban J connectivity index is 1.91. The molecule has 1 aliphatic rings. The second-order valence-electron chi connectivity index (χ2n) is 7.25. The molecular formula is C22H27ClN3O3+. The van der Waals surface area contributed by atoms with Crippen LogP contribution >= 0.6 is 11.6 Å². The predicted octanol–water partition coefficient (Wildman–Crippen LogP) is 2.41. The Labute approximate surface area is 176 Å². The van der Waals surface area contributed by atoms with Gasteiger partial charge in [0.05, 0.1) is 67.4 Å². The third kappa shape index (κ3) is 4.89. The number of ether oxygens (including phenoxy) is 1. The lowest BCUT2D eigenvalue weighted by Crippen LogP contribution is -3.14. The Bertz CT molecular complexity index is 908. The zero-order valence-electron chi connectivity index (χ0n) is 17.0. The summed E-state index contributed by atoms with van der Waals surface area (Å²) >= 11 is 6.27. The zero-order valence-corrected chi connectivity index (χ0v) is 17.8. The molecule has 6 nitrogen and oxygen atoms in total.